The Bertz CT molecular complexity index is 471. The Kier molecular flexibility index (Phi) is 10.6. The van der Waals surface area contributed by atoms with Crippen LogP contribution in [-0.4, -0.2) is 97.8 Å². The van der Waals surface area contributed by atoms with Crippen LogP contribution >= 0.6 is 0 Å². The Morgan fingerprint density at radius 1 is 1.26 bits per heavy atom. The van der Waals surface area contributed by atoms with Gasteiger partial charge in [0.2, 0.25) is 6.54 Å². The summed E-state index contributed by atoms with van der Waals surface area (Å²) in [7, 11) is 0. The van der Waals surface area contributed by atoms with Crippen LogP contribution in [0.15, 0.2) is 0 Å². The molecule has 0 aromatic rings. The van der Waals surface area contributed by atoms with Crippen LogP contribution in [0.1, 0.15) is 27.2 Å². The summed E-state index contributed by atoms with van der Waals surface area (Å²) >= 11 is 0. The van der Waals surface area contributed by atoms with Crippen molar-refractivity contribution in [2.24, 2.45) is 0 Å². The maximum atomic E-state index is 12.4. The van der Waals surface area contributed by atoms with Gasteiger partial charge in [0.15, 0.2) is 0 Å². The van der Waals surface area contributed by atoms with E-state index in [0.717, 1.165) is 0 Å². The average molecular weight is 388 g/mol. The SMILES string of the molecule is [C-]#[N+]CCCOCC(O)CN(CC(O)COCC1CO1)C(=O)OC(C)(C)C. The van der Waals surface area contributed by atoms with Gasteiger partial charge in [0.1, 0.15) is 11.7 Å². The summed E-state index contributed by atoms with van der Waals surface area (Å²) < 4.78 is 21.0. The van der Waals surface area contributed by atoms with Crippen molar-refractivity contribution >= 4 is 6.09 Å². The van der Waals surface area contributed by atoms with Crippen LogP contribution < -0.4 is 0 Å². The number of amides is 1. The molecule has 3 atom stereocenters. The molecule has 2 N–H and O–H groups in total. The highest BCUT2D eigenvalue weighted by molar-refractivity contribution is 5.68. The maximum absolute atomic E-state index is 12.4. The van der Waals surface area contributed by atoms with Gasteiger partial charge >= 0.3 is 6.09 Å². The molecule has 1 rings (SSSR count). The summed E-state index contributed by atoms with van der Waals surface area (Å²) in [5.41, 5.74) is -0.693. The van der Waals surface area contributed by atoms with Gasteiger partial charge in [0.25, 0.3) is 0 Å². The molecular weight excluding hydrogens is 356 g/mol. The zero-order valence-corrected chi connectivity index (χ0v) is 16.4. The van der Waals surface area contributed by atoms with E-state index in [0.29, 0.717) is 32.8 Å². The van der Waals surface area contributed by atoms with Crippen molar-refractivity contribution in [1.82, 2.24) is 4.90 Å². The van der Waals surface area contributed by atoms with Crippen molar-refractivity contribution in [3.8, 4) is 0 Å². The van der Waals surface area contributed by atoms with Gasteiger partial charge in [-0.05, 0) is 20.8 Å². The Balaban J connectivity index is 2.45. The first-order chi connectivity index (χ1) is 12.7. The van der Waals surface area contributed by atoms with Crippen molar-refractivity contribution in [1.29, 1.82) is 0 Å². The highest BCUT2D eigenvalue weighted by Gasteiger charge is 2.27. The number of nitrogens with zero attached hydrogens (tertiary/aromatic N) is 2. The van der Waals surface area contributed by atoms with Gasteiger partial charge in [0, 0.05) is 6.42 Å². The number of aliphatic hydroxyl groups excluding tert-OH is 2. The van der Waals surface area contributed by atoms with Gasteiger partial charge in [-0.3, -0.25) is 0 Å². The predicted octanol–water partition coefficient (Wildman–Crippen LogP) is 0.687. The standard InChI is InChI=1S/C18H32N2O7/c1-18(2,3)27-17(23)20(8-14(21)10-24-7-5-6-19-4)9-15(22)11-25-12-16-13-26-16/h14-16,21-22H,5-13H2,1-3H3. The van der Waals surface area contributed by atoms with Crippen LogP contribution in [0.5, 0.6) is 0 Å². The normalized spacial score (nSPS) is 18.4. The smallest absolute Gasteiger partial charge is 0.410 e. The molecule has 0 aliphatic carbocycles. The van der Waals surface area contributed by atoms with Crippen LogP contribution in [0.3, 0.4) is 0 Å². The van der Waals surface area contributed by atoms with Crippen LogP contribution in [0.2, 0.25) is 0 Å². The molecule has 0 bridgehead atoms. The summed E-state index contributed by atoms with van der Waals surface area (Å²) in [6, 6.07) is 0. The molecule has 1 amide bonds. The van der Waals surface area contributed by atoms with Gasteiger partial charge in [-0.2, -0.15) is 0 Å². The van der Waals surface area contributed by atoms with Crippen LogP contribution in [0.25, 0.3) is 4.85 Å². The molecule has 1 saturated heterocycles. The number of hydrogen-bond acceptors (Lipinski definition) is 7. The first kappa shape index (κ1) is 23.6. The molecule has 0 saturated carbocycles. The third kappa shape index (κ3) is 12.5. The molecule has 1 fully saturated rings. The number of carbonyl (C=O) groups is 1. The van der Waals surface area contributed by atoms with Crippen molar-refractivity contribution < 1.29 is 34.0 Å². The third-order valence-electron chi connectivity index (χ3n) is 3.40. The lowest BCUT2D eigenvalue weighted by atomic mass is 10.2. The molecule has 1 aliphatic rings. The molecular formula is C18H32N2O7. The first-order valence-corrected chi connectivity index (χ1v) is 9.15. The highest BCUT2D eigenvalue weighted by atomic mass is 16.6. The van der Waals surface area contributed by atoms with Gasteiger partial charge in [-0.1, -0.05) is 0 Å². The van der Waals surface area contributed by atoms with Crippen LogP contribution in [-0.2, 0) is 18.9 Å². The van der Waals surface area contributed by atoms with E-state index in [2.05, 4.69) is 4.85 Å². The van der Waals surface area contributed by atoms with Crippen molar-refractivity contribution in [2.75, 3.05) is 52.7 Å². The molecule has 0 aromatic heterocycles. The second kappa shape index (κ2) is 12.1. The number of epoxide rings is 1. The molecule has 156 valence electrons. The molecule has 1 heterocycles. The fourth-order valence-corrected chi connectivity index (χ4v) is 2.13. The summed E-state index contributed by atoms with van der Waals surface area (Å²) in [6.45, 7) is 13.8. The van der Waals surface area contributed by atoms with Crippen LogP contribution in [0, 0.1) is 6.57 Å². The minimum atomic E-state index is -0.932. The van der Waals surface area contributed by atoms with Gasteiger partial charge in [-0.15, -0.1) is 0 Å². The van der Waals surface area contributed by atoms with E-state index in [9.17, 15) is 15.0 Å². The summed E-state index contributed by atoms with van der Waals surface area (Å²) in [5.74, 6) is 0. The number of ether oxygens (including phenoxy) is 4. The highest BCUT2D eigenvalue weighted by Crippen LogP contribution is 2.12. The van der Waals surface area contributed by atoms with Crippen LogP contribution in [0.4, 0.5) is 4.79 Å². The van der Waals surface area contributed by atoms with Crippen molar-refractivity contribution in [2.45, 2.75) is 51.1 Å². The second-order valence-electron chi connectivity index (χ2n) is 7.50. The van der Waals surface area contributed by atoms with Crippen molar-refractivity contribution in [3.05, 3.63) is 11.4 Å². The van der Waals surface area contributed by atoms with E-state index in [4.69, 9.17) is 25.5 Å². The fourth-order valence-electron chi connectivity index (χ4n) is 2.13. The molecule has 0 spiro atoms. The maximum Gasteiger partial charge on any atom is 0.410 e. The number of hydrogen-bond donors (Lipinski definition) is 2. The lowest BCUT2D eigenvalue weighted by molar-refractivity contribution is -0.0267. The topological polar surface area (TPSA) is 105 Å². The monoisotopic (exact) mass is 388 g/mol. The fraction of sp³-hybridized carbons (Fsp3) is 0.889. The lowest BCUT2D eigenvalue weighted by Gasteiger charge is -2.30. The Morgan fingerprint density at radius 2 is 1.85 bits per heavy atom. The molecule has 3 unspecified atom stereocenters. The van der Waals surface area contributed by atoms with Gasteiger partial charge in [0.05, 0.1) is 58.3 Å². The summed E-state index contributed by atoms with van der Waals surface area (Å²) in [4.78, 5) is 16.9. The number of carbonyl (C=O) groups excluding carboxylic acids is 1. The number of rotatable bonds is 13. The quantitative estimate of drug-likeness (QED) is 0.272. The Labute approximate surface area is 161 Å². The first-order valence-electron chi connectivity index (χ1n) is 9.15. The minimum absolute atomic E-state index is 0.0307. The predicted molar refractivity (Wildman–Crippen MR) is 97.3 cm³/mol. The van der Waals surface area contributed by atoms with E-state index in [1.54, 1.807) is 20.8 Å². The van der Waals surface area contributed by atoms with E-state index in [1.807, 2.05) is 0 Å². The average Bonchev–Trinajstić information content (AvgIpc) is 3.36. The minimum Gasteiger partial charge on any atom is -0.444 e. The molecule has 0 radical (unpaired) electrons. The zero-order chi connectivity index (χ0) is 20.3. The molecule has 9 nitrogen and oxygen atoms in total. The van der Waals surface area contributed by atoms with E-state index in [1.165, 1.54) is 4.90 Å². The Morgan fingerprint density at radius 3 is 2.37 bits per heavy atom. The third-order valence-corrected chi connectivity index (χ3v) is 3.40. The Hall–Kier alpha value is -1.44. The van der Waals surface area contributed by atoms with E-state index in [-0.39, 0.29) is 32.4 Å². The van der Waals surface area contributed by atoms with Crippen molar-refractivity contribution in [3.63, 3.8) is 0 Å². The van der Waals surface area contributed by atoms with Gasteiger partial charge in [-0.25, -0.2) is 11.4 Å². The molecule has 9 heteroatoms. The molecule has 1 aliphatic heterocycles. The molecule has 27 heavy (non-hydrogen) atoms. The second-order valence-corrected chi connectivity index (χ2v) is 7.50. The lowest BCUT2D eigenvalue weighted by Crippen LogP contribution is -2.46. The number of aliphatic hydroxyl groups is 2. The summed E-state index contributed by atoms with van der Waals surface area (Å²) in [5, 5.41) is 20.3. The van der Waals surface area contributed by atoms with E-state index >= 15 is 0 Å². The molecule has 0 aromatic carbocycles. The summed E-state index contributed by atoms with van der Waals surface area (Å²) in [6.07, 6.45) is -1.78. The zero-order valence-electron chi connectivity index (χ0n) is 16.4. The van der Waals surface area contributed by atoms with Gasteiger partial charge < -0.3 is 38.9 Å². The van der Waals surface area contributed by atoms with E-state index < -0.39 is 23.9 Å². The largest absolute Gasteiger partial charge is 0.444 e.